The van der Waals surface area contributed by atoms with Crippen molar-refractivity contribution >= 4 is 17.9 Å². The Balaban J connectivity index is 1.90. The molecule has 32 heavy (non-hydrogen) atoms. The molecule has 5 nitrogen and oxygen atoms in total. The number of urea groups is 1. The predicted octanol–water partition coefficient (Wildman–Crippen LogP) is 6.12. The summed E-state index contributed by atoms with van der Waals surface area (Å²) in [6.07, 6.45) is 6.61. The molecule has 0 spiro atoms. The topological polar surface area (TPSA) is 62.7 Å². The third kappa shape index (κ3) is 6.07. The number of nitrogens with one attached hydrogen (secondary N) is 2. The van der Waals surface area contributed by atoms with E-state index < -0.39 is 0 Å². The molecule has 170 valence electrons. The first-order chi connectivity index (χ1) is 15.5. The molecule has 0 saturated carbocycles. The quantitative estimate of drug-likeness (QED) is 0.517. The van der Waals surface area contributed by atoms with Gasteiger partial charge in [-0.1, -0.05) is 43.3 Å². The molecule has 2 aromatic carbocycles. The largest absolute Gasteiger partial charge is 0.381 e. The molecule has 1 aliphatic rings. The standard InChI is InChI=1S/C27H35N3O2/c1-5-15-28-25(6-2)26(24-12-7-9-19(3)20(24)4)21-10-8-11-23(18-21)30-27(31)29-22-13-16-32-17-14-22/h6-12,15,18,22,26H,5,13-14,16-17H2,1-4H3,(H2,29,30,31)/b25-6-,28-15?. The second-order valence-electron chi connectivity index (χ2n) is 8.27. The zero-order chi connectivity index (χ0) is 22.9. The Bertz CT molecular complexity index is 975. The maximum atomic E-state index is 12.6. The Kier molecular flexibility index (Phi) is 8.63. The van der Waals surface area contributed by atoms with Crippen LogP contribution < -0.4 is 10.6 Å². The molecule has 0 aromatic heterocycles. The Morgan fingerprint density at radius 2 is 1.94 bits per heavy atom. The second kappa shape index (κ2) is 11.6. The highest BCUT2D eigenvalue weighted by molar-refractivity contribution is 5.89. The predicted molar refractivity (Wildman–Crippen MR) is 133 cm³/mol. The highest BCUT2D eigenvalue weighted by atomic mass is 16.5. The van der Waals surface area contributed by atoms with Crippen LogP contribution in [0.4, 0.5) is 10.5 Å². The average molecular weight is 434 g/mol. The summed E-state index contributed by atoms with van der Waals surface area (Å²) in [5.74, 6) is -0.0111. The van der Waals surface area contributed by atoms with E-state index in [-0.39, 0.29) is 18.0 Å². The fraction of sp³-hybridized carbons (Fsp3) is 0.407. The van der Waals surface area contributed by atoms with Gasteiger partial charge in [0.2, 0.25) is 0 Å². The number of allylic oxidation sites excluding steroid dienone is 2. The zero-order valence-corrected chi connectivity index (χ0v) is 19.7. The molecule has 1 fully saturated rings. The maximum absolute atomic E-state index is 12.6. The molecular formula is C27H35N3O2. The van der Waals surface area contributed by atoms with Crippen molar-refractivity contribution in [2.75, 3.05) is 18.5 Å². The lowest BCUT2D eigenvalue weighted by Gasteiger charge is -2.24. The van der Waals surface area contributed by atoms with E-state index >= 15 is 0 Å². The number of ether oxygens (including phenoxy) is 1. The first-order valence-electron chi connectivity index (χ1n) is 11.5. The number of amides is 2. The van der Waals surface area contributed by atoms with Gasteiger partial charge in [0, 0.05) is 36.9 Å². The lowest BCUT2D eigenvalue weighted by molar-refractivity contribution is 0.0806. The lowest BCUT2D eigenvalue weighted by Crippen LogP contribution is -2.41. The summed E-state index contributed by atoms with van der Waals surface area (Å²) in [7, 11) is 0. The van der Waals surface area contributed by atoms with E-state index in [2.05, 4.69) is 67.8 Å². The van der Waals surface area contributed by atoms with Gasteiger partial charge in [-0.25, -0.2) is 4.79 Å². The number of benzene rings is 2. The average Bonchev–Trinajstić information content (AvgIpc) is 2.80. The van der Waals surface area contributed by atoms with Crippen LogP contribution in [0.3, 0.4) is 0 Å². The first kappa shape index (κ1) is 23.7. The van der Waals surface area contributed by atoms with Crippen LogP contribution in [0.5, 0.6) is 0 Å². The molecule has 1 saturated heterocycles. The molecule has 2 N–H and O–H groups in total. The van der Waals surface area contributed by atoms with Crippen LogP contribution in [0.25, 0.3) is 0 Å². The van der Waals surface area contributed by atoms with Crippen molar-refractivity contribution in [1.82, 2.24) is 5.32 Å². The first-order valence-corrected chi connectivity index (χ1v) is 11.5. The third-order valence-corrected chi connectivity index (χ3v) is 6.01. The van der Waals surface area contributed by atoms with Crippen LogP contribution >= 0.6 is 0 Å². The minimum atomic E-state index is -0.174. The van der Waals surface area contributed by atoms with Crippen LogP contribution in [0.2, 0.25) is 0 Å². The molecular weight excluding hydrogens is 398 g/mol. The lowest BCUT2D eigenvalue weighted by atomic mass is 9.84. The van der Waals surface area contributed by atoms with E-state index in [4.69, 9.17) is 9.73 Å². The number of carbonyl (C=O) groups excluding carboxylic acids is 1. The molecule has 0 bridgehead atoms. The van der Waals surface area contributed by atoms with Crippen LogP contribution in [-0.2, 0) is 4.74 Å². The SMILES string of the molecule is C/C=C(\N=CCC)C(c1cccc(NC(=O)NC2CCOCC2)c1)c1cccc(C)c1C. The number of aryl methyl sites for hydroxylation is 1. The second-order valence-corrected chi connectivity index (χ2v) is 8.27. The number of carbonyl (C=O) groups is 1. The molecule has 2 aromatic rings. The summed E-state index contributed by atoms with van der Waals surface area (Å²) in [6, 6.07) is 14.5. The fourth-order valence-electron chi connectivity index (χ4n) is 4.10. The van der Waals surface area contributed by atoms with Crippen LogP contribution in [-0.4, -0.2) is 31.5 Å². The maximum Gasteiger partial charge on any atom is 0.319 e. The fourth-order valence-corrected chi connectivity index (χ4v) is 4.10. The number of hydrogen-bond acceptors (Lipinski definition) is 3. The van der Waals surface area contributed by atoms with Gasteiger partial charge in [-0.2, -0.15) is 0 Å². The number of hydrogen-bond donors (Lipinski definition) is 2. The summed E-state index contributed by atoms with van der Waals surface area (Å²) in [6.45, 7) is 9.82. The number of rotatable bonds is 7. The van der Waals surface area contributed by atoms with Crippen LogP contribution in [0.1, 0.15) is 61.3 Å². The summed E-state index contributed by atoms with van der Waals surface area (Å²) in [5, 5.41) is 6.07. The van der Waals surface area contributed by atoms with Crippen molar-refractivity contribution in [1.29, 1.82) is 0 Å². The number of aliphatic imine (C=N–C) groups is 1. The molecule has 0 aliphatic carbocycles. The molecule has 0 radical (unpaired) electrons. The molecule has 1 unspecified atom stereocenters. The monoisotopic (exact) mass is 433 g/mol. The van der Waals surface area contributed by atoms with Crippen molar-refractivity contribution in [3.05, 3.63) is 76.5 Å². The van der Waals surface area contributed by atoms with E-state index in [1.165, 1.54) is 16.7 Å². The van der Waals surface area contributed by atoms with E-state index in [0.29, 0.717) is 13.2 Å². The Hall–Kier alpha value is -2.92. The molecule has 2 amide bonds. The highest BCUT2D eigenvalue weighted by Gasteiger charge is 2.22. The van der Waals surface area contributed by atoms with Crippen LogP contribution in [0, 0.1) is 13.8 Å². The van der Waals surface area contributed by atoms with E-state index in [1.54, 1.807) is 0 Å². The normalized spacial score (nSPS) is 16.2. The Morgan fingerprint density at radius 3 is 2.66 bits per heavy atom. The van der Waals surface area contributed by atoms with Gasteiger partial charge in [0.05, 0.1) is 5.92 Å². The molecule has 1 heterocycles. The van der Waals surface area contributed by atoms with Gasteiger partial charge in [-0.3, -0.25) is 4.99 Å². The minimum absolute atomic E-state index is 0.0111. The highest BCUT2D eigenvalue weighted by Crippen LogP contribution is 2.36. The summed E-state index contributed by atoms with van der Waals surface area (Å²) < 4.78 is 5.37. The van der Waals surface area contributed by atoms with Gasteiger partial charge in [-0.15, -0.1) is 0 Å². The van der Waals surface area contributed by atoms with Crippen molar-refractivity contribution in [3.8, 4) is 0 Å². The molecule has 5 heteroatoms. The van der Waals surface area contributed by atoms with Gasteiger partial charge in [-0.05, 0) is 74.4 Å². The summed E-state index contributed by atoms with van der Waals surface area (Å²) >= 11 is 0. The molecule has 1 aliphatic heterocycles. The Morgan fingerprint density at radius 1 is 1.19 bits per heavy atom. The zero-order valence-electron chi connectivity index (χ0n) is 19.7. The van der Waals surface area contributed by atoms with Crippen molar-refractivity contribution < 1.29 is 9.53 Å². The minimum Gasteiger partial charge on any atom is -0.381 e. The summed E-state index contributed by atoms with van der Waals surface area (Å²) in [5.41, 5.74) is 6.63. The van der Waals surface area contributed by atoms with Crippen molar-refractivity contribution in [2.45, 2.75) is 58.9 Å². The third-order valence-electron chi connectivity index (χ3n) is 6.01. The smallest absolute Gasteiger partial charge is 0.319 e. The van der Waals surface area contributed by atoms with Gasteiger partial charge in [0.15, 0.2) is 0 Å². The van der Waals surface area contributed by atoms with Crippen molar-refractivity contribution in [3.63, 3.8) is 0 Å². The van der Waals surface area contributed by atoms with Crippen molar-refractivity contribution in [2.24, 2.45) is 4.99 Å². The number of anilines is 1. The molecule has 1 atom stereocenters. The van der Waals surface area contributed by atoms with E-state index in [9.17, 15) is 4.79 Å². The summed E-state index contributed by atoms with van der Waals surface area (Å²) in [4.78, 5) is 17.3. The van der Waals surface area contributed by atoms with Gasteiger partial charge in [0.25, 0.3) is 0 Å². The molecule has 3 rings (SSSR count). The Labute approximate surface area is 192 Å². The van der Waals surface area contributed by atoms with E-state index in [1.807, 2.05) is 25.3 Å². The van der Waals surface area contributed by atoms with Gasteiger partial charge >= 0.3 is 6.03 Å². The number of nitrogens with zero attached hydrogens (tertiary/aromatic N) is 1. The van der Waals surface area contributed by atoms with Gasteiger partial charge < -0.3 is 15.4 Å². The van der Waals surface area contributed by atoms with E-state index in [0.717, 1.165) is 36.2 Å². The van der Waals surface area contributed by atoms with Crippen LogP contribution in [0.15, 0.2) is 59.2 Å². The van der Waals surface area contributed by atoms with Gasteiger partial charge in [0.1, 0.15) is 0 Å².